The Kier molecular flexibility index (Phi) is 3.98. The predicted molar refractivity (Wildman–Crippen MR) is 68.9 cm³/mol. The Morgan fingerprint density at radius 1 is 1.50 bits per heavy atom. The SMILES string of the molecule is Cc1c(C(C(N)=O)N2CCCNCC2)cnn1C. The molecule has 0 aromatic carbocycles. The normalized spacial score (nSPS) is 19.4. The molecular formula is C12H21N5O. The summed E-state index contributed by atoms with van der Waals surface area (Å²) in [5, 5.41) is 7.53. The Bertz CT molecular complexity index is 420. The summed E-state index contributed by atoms with van der Waals surface area (Å²) in [6, 6.07) is -0.362. The summed E-state index contributed by atoms with van der Waals surface area (Å²) in [5.41, 5.74) is 7.51. The van der Waals surface area contributed by atoms with E-state index in [4.69, 9.17) is 5.73 Å². The van der Waals surface area contributed by atoms with Gasteiger partial charge in [0.1, 0.15) is 6.04 Å². The minimum absolute atomic E-state index is 0.298. The number of amides is 1. The molecule has 1 unspecified atom stereocenters. The van der Waals surface area contributed by atoms with Crippen molar-refractivity contribution in [3.05, 3.63) is 17.5 Å². The number of nitrogens with two attached hydrogens (primary N) is 1. The van der Waals surface area contributed by atoms with Crippen molar-refractivity contribution in [3.8, 4) is 0 Å². The number of rotatable bonds is 3. The van der Waals surface area contributed by atoms with Crippen LogP contribution >= 0.6 is 0 Å². The van der Waals surface area contributed by atoms with Gasteiger partial charge in [-0.15, -0.1) is 0 Å². The number of aryl methyl sites for hydroxylation is 1. The third-order valence-corrected chi connectivity index (χ3v) is 3.58. The Morgan fingerprint density at radius 3 is 2.89 bits per heavy atom. The average molecular weight is 251 g/mol. The van der Waals surface area contributed by atoms with Crippen LogP contribution in [-0.4, -0.2) is 46.8 Å². The number of carbonyl (C=O) groups excluding carboxylic acids is 1. The van der Waals surface area contributed by atoms with E-state index in [0.29, 0.717) is 0 Å². The fraction of sp³-hybridized carbons (Fsp3) is 0.667. The summed E-state index contributed by atoms with van der Waals surface area (Å²) in [7, 11) is 1.88. The van der Waals surface area contributed by atoms with Crippen LogP contribution in [-0.2, 0) is 11.8 Å². The van der Waals surface area contributed by atoms with E-state index in [1.165, 1.54) is 0 Å². The summed E-state index contributed by atoms with van der Waals surface area (Å²) in [5.74, 6) is -0.298. The van der Waals surface area contributed by atoms with Gasteiger partial charge in [0.05, 0.1) is 6.20 Å². The molecule has 2 rings (SSSR count). The molecule has 0 spiro atoms. The minimum atomic E-state index is -0.362. The molecule has 0 saturated carbocycles. The second-order valence-electron chi connectivity index (χ2n) is 4.75. The van der Waals surface area contributed by atoms with Crippen LogP contribution in [0.15, 0.2) is 6.20 Å². The summed E-state index contributed by atoms with van der Waals surface area (Å²) >= 11 is 0. The van der Waals surface area contributed by atoms with E-state index >= 15 is 0 Å². The zero-order valence-electron chi connectivity index (χ0n) is 11.0. The Hall–Kier alpha value is -1.40. The van der Waals surface area contributed by atoms with Gasteiger partial charge in [-0.3, -0.25) is 14.4 Å². The lowest BCUT2D eigenvalue weighted by Gasteiger charge is -2.27. The highest BCUT2D eigenvalue weighted by Gasteiger charge is 2.28. The van der Waals surface area contributed by atoms with E-state index in [0.717, 1.165) is 43.9 Å². The smallest absolute Gasteiger partial charge is 0.239 e. The predicted octanol–water partition coefficient (Wildman–Crippen LogP) is -0.450. The molecule has 100 valence electrons. The highest BCUT2D eigenvalue weighted by atomic mass is 16.1. The standard InChI is InChI=1S/C12H21N5O/c1-9-10(8-15-16(9)2)11(12(13)18)17-6-3-4-14-5-7-17/h8,11,14H,3-7H2,1-2H3,(H2,13,18). The molecule has 0 radical (unpaired) electrons. The monoisotopic (exact) mass is 251 g/mol. The lowest BCUT2D eigenvalue weighted by atomic mass is 10.1. The number of nitrogens with one attached hydrogen (secondary N) is 1. The molecule has 1 amide bonds. The molecule has 6 heteroatoms. The molecule has 2 heterocycles. The van der Waals surface area contributed by atoms with E-state index in [1.54, 1.807) is 10.9 Å². The van der Waals surface area contributed by atoms with Gasteiger partial charge in [0, 0.05) is 37.9 Å². The maximum Gasteiger partial charge on any atom is 0.239 e. The van der Waals surface area contributed by atoms with Crippen LogP contribution in [0.4, 0.5) is 0 Å². The molecule has 18 heavy (non-hydrogen) atoms. The quantitative estimate of drug-likeness (QED) is 0.763. The Balaban J connectivity index is 2.27. The van der Waals surface area contributed by atoms with E-state index < -0.39 is 0 Å². The molecule has 0 aliphatic carbocycles. The lowest BCUT2D eigenvalue weighted by Crippen LogP contribution is -2.40. The van der Waals surface area contributed by atoms with Crippen LogP contribution in [0.5, 0.6) is 0 Å². The first-order valence-electron chi connectivity index (χ1n) is 6.34. The fourth-order valence-corrected chi connectivity index (χ4v) is 2.44. The summed E-state index contributed by atoms with van der Waals surface area (Å²) in [4.78, 5) is 13.9. The number of carbonyl (C=O) groups is 1. The third kappa shape index (κ3) is 2.54. The van der Waals surface area contributed by atoms with Crippen LogP contribution in [0, 0.1) is 6.92 Å². The van der Waals surface area contributed by atoms with Crippen molar-refractivity contribution in [2.24, 2.45) is 12.8 Å². The van der Waals surface area contributed by atoms with Gasteiger partial charge >= 0.3 is 0 Å². The summed E-state index contributed by atoms with van der Waals surface area (Å²) in [6.45, 7) is 5.57. The van der Waals surface area contributed by atoms with Crippen LogP contribution < -0.4 is 11.1 Å². The van der Waals surface area contributed by atoms with Gasteiger partial charge in [-0.25, -0.2) is 0 Å². The summed E-state index contributed by atoms with van der Waals surface area (Å²) < 4.78 is 1.78. The van der Waals surface area contributed by atoms with Gasteiger partial charge in [0.15, 0.2) is 0 Å². The summed E-state index contributed by atoms with van der Waals surface area (Å²) in [6.07, 6.45) is 2.78. The van der Waals surface area contributed by atoms with Crippen LogP contribution in [0.3, 0.4) is 0 Å². The molecule has 1 aliphatic heterocycles. The number of primary amides is 1. The van der Waals surface area contributed by atoms with Crippen molar-refractivity contribution in [2.45, 2.75) is 19.4 Å². The zero-order chi connectivity index (χ0) is 13.1. The van der Waals surface area contributed by atoms with Gasteiger partial charge in [0.2, 0.25) is 5.91 Å². The average Bonchev–Trinajstić information content (AvgIpc) is 2.59. The van der Waals surface area contributed by atoms with E-state index in [2.05, 4.69) is 15.3 Å². The van der Waals surface area contributed by atoms with Gasteiger partial charge in [-0.2, -0.15) is 5.10 Å². The molecule has 0 bridgehead atoms. The van der Waals surface area contributed by atoms with Gasteiger partial charge in [0.25, 0.3) is 0 Å². The largest absolute Gasteiger partial charge is 0.368 e. The molecule has 1 saturated heterocycles. The Labute approximate surface area is 107 Å². The van der Waals surface area contributed by atoms with Crippen LogP contribution in [0.2, 0.25) is 0 Å². The highest BCUT2D eigenvalue weighted by Crippen LogP contribution is 2.23. The second-order valence-corrected chi connectivity index (χ2v) is 4.75. The highest BCUT2D eigenvalue weighted by molar-refractivity contribution is 5.81. The maximum absolute atomic E-state index is 11.8. The molecule has 6 nitrogen and oxygen atoms in total. The van der Waals surface area contributed by atoms with Crippen molar-refractivity contribution in [3.63, 3.8) is 0 Å². The molecule has 1 atom stereocenters. The van der Waals surface area contributed by atoms with Crippen molar-refractivity contribution in [1.29, 1.82) is 0 Å². The minimum Gasteiger partial charge on any atom is -0.368 e. The zero-order valence-corrected chi connectivity index (χ0v) is 11.0. The Morgan fingerprint density at radius 2 is 2.28 bits per heavy atom. The van der Waals surface area contributed by atoms with E-state index in [-0.39, 0.29) is 11.9 Å². The molecule has 1 aromatic heterocycles. The van der Waals surface area contributed by atoms with Gasteiger partial charge in [-0.1, -0.05) is 0 Å². The molecule has 1 aromatic rings. The van der Waals surface area contributed by atoms with Crippen molar-refractivity contribution >= 4 is 5.91 Å². The first-order chi connectivity index (χ1) is 8.61. The van der Waals surface area contributed by atoms with E-state index in [9.17, 15) is 4.79 Å². The fourth-order valence-electron chi connectivity index (χ4n) is 2.44. The number of nitrogens with zero attached hydrogens (tertiary/aromatic N) is 3. The third-order valence-electron chi connectivity index (χ3n) is 3.58. The van der Waals surface area contributed by atoms with Crippen LogP contribution in [0.1, 0.15) is 23.7 Å². The second kappa shape index (κ2) is 5.49. The molecular weight excluding hydrogens is 230 g/mol. The van der Waals surface area contributed by atoms with E-state index in [1.807, 2.05) is 14.0 Å². The van der Waals surface area contributed by atoms with Gasteiger partial charge in [-0.05, 0) is 19.9 Å². The maximum atomic E-state index is 11.8. The van der Waals surface area contributed by atoms with Gasteiger partial charge < -0.3 is 11.1 Å². The number of hydrogen-bond donors (Lipinski definition) is 2. The molecule has 1 aliphatic rings. The number of aromatic nitrogens is 2. The first-order valence-corrected chi connectivity index (χ1v) is 6.34. The molecule has 3 N–H and O–H groups in total. The van der Waals surface area contributed by atoms with Crippen molar-refractivity contribution < 1.29 is 4.79 Å². The number of hydrogen-bond acceptors (Lipinski definition) is 4. The van der Waals surface area contributed by atoms with Crippen molar-refractivity contribution in [1.82, 2.24) is 20.0 Å². The van der Waals surface area contributed by atoms with Crippen molar-refractivity contribution in [2.75, 3.05) is 26.2 Å². The lowest BCUT2D eigenvalue weighted by molar-refractivity contribution is -0.123. The first kappa shape index (κ1) is 13.0. The topological polar surface area (TPSA) is 76.2 Å². The molecule has 1 fully saturated rings. The van der Waals surface area contributed by atoms with Crippen LogP contribution in [0.25, 0.3) is 0 Å².